The van der Waals surface area contributed by atoms with Crippen molar-refractivity contribution >= 4 is 23.7 Å². The van der Waals surface area contributed by atoms with E-state index in [2.05, 4.69) is 0 Å². The Morgan fingerprint density at radius 2 is 1.80 bits per heavy atom. The van der Waals surface area contributed by atoms with Crippen LogP contribution in [-0.4, -0.2) is 48.4 Å². The number of halogens is 3. The zero-order chi connectivity index (χ0) is 31.9. The number of carbonyl (C=O) groups excluding carboxylic acids is 2. The van der Waals surface area contributed by atoms with Crippen LogP contribution < -0.4 is 15.0 Å². The first-order valence-electron chi connectivity index (χ1n) is 14.4. The van der Waals surface area contributed by atoms with Crippen LogP contribution in [0.4, 0.5) is 23.7 Å². The largest absolute Gasteiger partial charge is 0.493 e. The highest BCUT2D eigenvalue weighted by Crippen LogP contribution is 2.36. The zero-order valence-corrected chi connectivity index (χ0v) is 24.6. The van der Waals surface area contributed by atoms with Crippen molar-refractivity contribution in [3.63, 3.8) is 0 Å². The van der Waals surface area contributed by atoms with Crippen molar-refractivity contribution < 1.29 is 42.1 Å². The Morgan fingerprint density at radius 3 is 2.55 bits per heavy atom. The van der Waals surface area contributed by atoms with Crippen molar-refractivity contribution in [2.75, 3.05) is 18.1 Å². The van der Waals surface area contributed by atoms with Crippen LogP contribution >= 0.6 is 0 Å². The van der Waals surface area contributed by atoms with Crippen LogP contribution in [-0.2, 0) is 27.4 Å². The number of ether oxygens (including phenoxy) is 2. The van der Waals surface area contributed by atoms with Crippen molar-refractivity contribution in [1.82, 2.24) is 5.32 Å². The number of nitrogens with one attached hydrogen (secondary N) is 1. The minimum Gasteiger partial charge on any atom is -0.493 e. The van der Waals surface area contributed by atoms with E-state index in [1.807, 2.05) is 61.2 Å². The summed E-state index contributed by atoms with van der Waals surface area (Å²) >= 11 is 0. The summed E-state index contributed by atoms with van der Waals surface area (Å²) < 4.78 is 50.1. The Kier molecular flexibility index (Phi) is 10.5. The number of alkyl halides is 3. The molecule has 2 N–H and O–H groups in total. The summed E-state index contributed by atoms with van der Waals surface area (Å²) in [6, 6.07) is 16.1. The summed E-state index contributed by atoms with van der Waals surface area (Å²) in [6.07, 6.45) is -5.16. The lowest BCUT2D eigenvalue weighted by Crippen LogP contribution is -2.46. The number of aryl methyl sites for hydroxylation is 1. The van der Waals surface area contributed by atoms with E-state index in [1.54, 1.807) is 23.5 Å². The molecular weight excluding hydrogens is 577 g/mol. The van der Waals surface area contributed by atoms with Gasteiger partial charge in [-0.1, -0.05) is 42.5 Å². The third-order valence-corrected chi connectivity index (χ3v) is 7.57. The van der Waals surface area contributed by atoms with Gasteiger partial charge in [0.2, 0.25) is 5.91 Å². The first-order chi connectivity index (χ1) is 20.9. The lowest BCUT2D eigenvalue weighted by atomic mass is 9.91. The molecule has 0 aromatic heterocycles. The Labute approximate surface area is 253 Å². The molecule has 1 aliphatic heterocycles. The number of nitrogens with zero attached hydrogens (tertiary/aromatic N) is 1. The molecule has 1 aliphatic rings. The number of alkyl carbamates (subject to hydrolysis) is 1. The van der Waals surface area contributed by atoms with Gasteiger partial charge in [-0.05, 0) is 84.7 Å². The van der Waals surface area contributed by atoms with E-state index in [9.17, 15) is 27.6 Å². The van der Waals surface area contributed by atoms with Crippen LogP contribution in [0, 0.1) is 13.8 Å². The van der Waals surface area contributed by atoms with E-state index in [0.29, 0.717) is 31.6 Å². The predicted molar refractivity (Wildman–Crippen MR) is 159 cm³/mol. The van der Waals surface area contributed by atoms with Crippen molar-refractivity contribution in [3.05, 3.63) is 82.9 Å². The van der Waals surface area contributed by atoms with Crippen LogP contribution in [0.15, 0.2) is 60.7 Å². The summed E-state index contributed by atoms with van der Waals surface area (Å²) in [5.41, 5.74) is 6.32. The van der Waals surface area contributed by atoms with E-state index in [0.717, 1.165) is 52.1 Å². The average molecular weight is 613 g/mol. The number of hydrogen-bond donors (Lipinski definition) is 2. The minimum absolute atomic E-state index is 0.0147. The third-order valence-electron chi connectivity index (χ3n) is 7.57. The van der Waals surface area contributed by atoms with Crippen LogP contribution in [0.1, 0.15) is 47.9 Å². The molecule has 234 valence electrons. The predicted octanol–water partition coefficient (Wildman–Crippen LogP) is 6.74. The van der Waals surface area contributed by atoms with Gasteiger partial charge in [-0.15, -0.1) is 0 Å². The number of fused-ring (bicyclic) bond motifs is 1. The zero-order valence-electron chi connectivity index (χ0n) is 24.6. The number of carboxylic acid groups (broad SMARTS) is 1. The van der Waals surface area contributed by atoms with E-state index in [-0.39, 0.29) is 12.5 Å². The molecule has 1 unspecified atom stereocenters. The number of rotatable bonds is 11. The van der Waals surface area contributed by atoms with Crippen molar-refractivity contribution in [3.8, 4) is 16.9 Å². The van der Waals surface area contributed by atoms with Gasteiger partial charge in [0.05, 0.1) is 13.0 Å². The number of benzene rings is 3. The monoisotopic (exact) mass is 612 g/mol. The Balaban J connectivity index is 1.39. The topological polar surface area (TPSA) is 105 Å². The summed E-state index contributed by atoms with van der Waals surface area (Å²) in [5, 5.41) is 10.3. The molecule has 3 aromatic rings. The highest BCUT2D eigenvalue weighted by molar-refractivity contribution is 5.96. The van der Waals surface area contributed by atoms with Crippen LogP contribution in [0.5, 0.6) is 5.75 Å². The molecule has 0 radical (unpaired) electrons. The molecule has 11 heteroatoms. The summed E-state index contributed by atoms with van der Waals surface area (Å²) in [5.74, 6) is -0.864. The van der Waals surface area contributed by atoms with E-state index in [1.165, 1.54) is 0 Å². The second kappa shape index (κ2) is 14.3. The van der Waals surface area contributed by atoms with Gasteiger partial charge in [-0.3, -0.25) is 9.59 Å². The van der Waals surface area contributed by atoms with E-state index < -0.39 is 30.7 Å². The van der Waals surface area contributed by atoms with Gasteiger partial charge < -0.3 is 24.8 Å². The van der Waals surface area contributed by atoms with E-state index >= 15 is 0 Å². The molecule has 0 bridgehead atoms. The fourth-order valence-electron chi connectivity index (χ4n) is 5.16. The lowest BCUT2D eigenvalue weighted by molar-refractivity contribution is -0.165. The number of carboxylic acids is 1. The minimum atomic E-state index is -4.94. The molecule has 0 saturated heterocycles. The number of hydrogen-bond acceptors (Lipinski definition) is 5. The maximum atomic E-state index is 13.3. The number of carbonyl (C=O) groups is 3. The van der Waals surface area contributed by atoms with Gasteiger partial charge in [0, 0.05) is 18.7 Å². The van der Waals surface area contributed by atoms with Gasteiger partial charge in [0.15, 0.2) is 0 Å². The normalized spacial score (nSPS) is 13.5. The second-order valence-electron chi connectivity index (χ2n) is 10.7. The maximum Gasteiger partial charge on any atom is 0.409 e. The number of anilines is 1. The standard InChI is InChI=1S/C33H35F3N2O6/c1-21-8-3-14-28(22(21)2)43-17-7-15-30(39)38-16-6-12-26-25(11-5-13-27(26)38)24-10-4-9-23(18-24)20-44-32(42)37-29(19-31(40)41)33(34,35)36/h3-5,8-11,13-14,18,29H,6-7,12,15-17,19-20H2,1-2H3,(H,37,42)(H,40,41). The molecule has 1 atom stereocenters. The number of amides is 2. The smallest absolute Gasteiger partial charge is 0.409 e. The quantitative estimate of drug-likeness (QED) is 0.233. The fourth-order valence-corrected chi connectivity index (χ4v) is 5.16. The molecular formula is C33H35F3N2O6. The first kappa shape index (κ1) is 32.4. The van der Waals surface area contributed by atoms with Crippen LogP contribution in [0.2, 0.25) is 0 Å². The molecule has 0 saturated carbocycles. The molecule has 8 nitrogen and oxygen atoms in total. The summed E-state index contributed by atoms with van der Waals surface area (Å²) in [7, 11) is 0. The summed E-state index contributed by atoms with van der Waals surface area (Å²) in [6.45, 7) is 4.76. The molecule has 3 aromatic carbocycles. The van der Waals surface area contributed by atoms with Crippen LogP contribution in [0.25, 0.3) is 11.1 Å². The van der Waals surface area contributed by atoms with Crippen LogP contribution in [0.3, 0.4) is 0 Å². The molecule has 0 fully saturated rings. The third kappa shape index (κ3) is 8.30. The molecule has 4 rings (SSSR count). The molecule has 2 amide bonds. The van der Waals surface area contributed by atoms with Gasteiger partial charge in [0.25, 0.3) is 0 Å². The maximum absolute atomic E-state index is 13.3. The Morgan fingerprint density at radius 1 is 1.05 bits per heavy atom. The van der Waals surface area contributed by atoms with Gasteiger partial charge in [-0.2, -0.15) is 13.2 Å². The van der Waals surface area contributed by atoms with Gasteiger partial charge in [0.1, 0.15) is 18.4 Å². The number of aliphatic carboxylic acids is 1. The van der Waals surface area contributed by atoms with Crippen molar-refractivity contribution in [1.29, 1.82) is 0 Å². The van der Waals surface area contributed by atoms with E-state index in [4.69, 9.17) is 14.6 Å². The first-order valence-corrected chi connectivity index (χ1v) is 14.4. The Hall–Kier alpha value is -4.54. The average Bonchev–Trinajstić information content (AvgIpc) is 2.98. The molecule has 44 heavy (non-hydrogen) atoms. The highest BCUT2D eigenvalue weighted by Gasteiger charge is 2.42. The van der Waals surface area contributed by atoms with Crippen molar-refractivity contribution in [2.45, 2.75) is 64.8 Å². The summed E-state index contributed by atoms with van der Waals surface area (Å²) in [4.78, 5) is 37.8. The Bertz CT molecular complexity index is 1510. The second-order valence-corrected chi connectivity index (χ2v) is 10.7. The lowest BCUT2D eigenvalue weighted by Gasteiger charge is -2.31. The highest BCUT2D eigenvalue weighted by atomic mass is 19.4. The molecule has 0 spiro atoms. The fraction of sp³-hybridized carbons (Fsp3) is 0.364. The molecule has 1 heterocycles. The SMILES string of the molecule is Cc1cccc(OCCCC(=O)N2CCCc3c(-c4cccc(COC(=O)NC(CC(=O)O)C(F)(F)F)c4)cccc32)c1C. The van der Waals surface area contributed by atoms with Gasteiger partial charge in [-0.25, -0.2) is 4.79 Å². The molecule has 0 aliphatic carbocycles. The van der Waals surface area contributed by atoms with Gasteiger partial charge >= 0.3 is 18.2 Å². The van der Waals surface area contributed by atoms with Crippen molar-refractivity contribution in [2.24, 2.45) is 0 Å².